The van der Waals surface area contributed by atoms with Crippen molar-refractivity contribution in [2.75, 3.05) is 0 Å². The van der Waals surface area contributed by atoms with Crippen LogP contribution < -0.4 is 0 Å². The summed E-state index contributed by atoms with van der Waals surface area (Å²) in [5.74, 6) is -1.50. The molecule has 0 aliphatic heterocycles. The van der Waals surface area contributed by atoms with E-state index >= 15 is 0 Å². The third-order valence-corrected chi connectivity index (χ3v) is 2.47. The summed E-state index contributed by atoms with van der Waals surface area (Å²) < 4.78 is 0. The van der Waals surface area contributed by atoms with Crippen molar-refractivity contribution in [2.45, 2.75) is 19.8 Å². The highest BCUT2D eigenvalue weighted by Crippen LogP contribution is 2.15. The van der Waals surface area contributed by atoms with Gasteiger partial charge >= 0.3 is 5.97 Å². The molecular formula is C12H12N2O3. The topological polar surface area (TPSA) is 83.1 Å². The Labute approximate surface area is 97.5 Å². The maximum absolute atomic E-state index is 11.3. The lowest BCUT2D eigenvalue weighted by molar-refractivity contribution is -0.131. The van der Waals surface area contributed by atoms with Crippen molar-refractivity contribution in [1.82, 2.24) is 9.97 Å². The van der Waals surface area contributed by atoms with Gasteiger partial charge in [-0.15, -0.1) is 0 Å². The van der Waals surface area contributed by atoms with Crippen LogP contribution >= 0.6 is 0 Å². The molecule has 2 aromatic rings. The van der Waals surface area contributed by atoms with E-state index in [2.05, 4.69) is 9.97 Å². The number of nitrogens with one attached hydrogen (secondary N) is 1. The molecule has 2 rings (SSSR count). The predicted octanol–water partition coefficient (Wildman–Crippen LogP) is 1.78. The number of ketones is 1. The molecule has 0 unspecified atom stereocenters. The SMILES string of the molecule is CCCc1nc2ccc(C(=O)C(=O)O)cc2[nH]1. The summed E-state index contributed by atoms with van der Waals surface area (Å²) in [5, 5.41) is 8.62. The Morgan fingerprint density at radius 3 is 2.82 bits per heavy atom. The van der Waals surface area contributed by atoms with Crippen LogP contribution in [0.25, 0.3) is 11.0 Å². The number of nitrogens with zero attached hydrogens (tertiary/aromatic N) is 1. The van der Waals surface area contributed by atoms with Crippen LogP contribution in [0.4, 0.5) is 0 Å². The first kappa shape index (κ1) is 11.3. The standard InChI is InChI=1S/C12H12N2O3/c1-2-3-10-13-8-5-4-7(6-9(8)14-10)11(15)12(16)17/h4-6H,2-3H2,1H3,(H,13,14)(H,16,17). The Kier molecular flexibility index (Phi) is 2.91. The maximum Gasteiger partial charge on any atom is 0.377 e. The van der Waals surface area contributed by atoms with Gasteiger partial charge in [0.05, 0.1) is 11.0 Å². The monoisotopic (exact) mass is 232 g/mol. The zero-order chi connectivity index (χ0) is 12.4. The first-order valence-corrected chi connectivity index (χ1v) is 5.38. The number of benzene rings is 1. The molecule has 0 bridgehead atoms. The van der Waals surface area contributed by atoms with E-state index in [9.17, 15) is 9.59 Å². The molecule has 0 saturated carbocycles. The Balaban J connectivity index is 2.43. The van der Waals surface area contributed by atoms with E-state index in [1.165, 1.54) is 12.1 Å². The van der Waals surface area contributed by atoms with Crippen LogP contribution in [0.3, 0.4) is 0 Å². The molecule has 2 N–H and O–H groups in total. The molecule has 1 heterocycles. The average molecular weight is 232 g/mol. The van der Waals surface area contributed by atoms with Gasteiger partial charge in [-0.25, -0.2) is 9.78 Å². The van der Waals surface area contributed by atoms with Gasteiger partial charge in [0.2, 0.25) is 0 Å². The molecule has 0 spiro atoms. The third kappa shape index (κ3) is 2.18. The molecule has 0 radical (unpaired) electrons. The van der Waals surface area contributed by atoms with Crippen molar-refractivity contribution in [3.63, 3.8) is 0 Å². The minimum absolute atomic E-state index is 0.164. The molecule has 88 valence electrons. The van der Waals surface area contributed by atoms with Crippen molar-refractivity contribution in [2.24, 2.45) is 0 Å². The largest absolute Gasteiger partial charge is 0.475 e. The molecular weight excluding hydrogens is 220 g/mol. The summed E-state index contributed by atoms with van der Waals surface area (Å²) in [4.78, 5) is 29.3. The molecule has 5 nitrogen and oxygen atoms in total. The lowest BCUT2D eigenvalue weighted by Crippen LogP contribution is -2.12. The lowest BCUT2D eigenvalue weighted by Gasteiger charge is -1.94. The third-order valence-electron chi connectivity index (χ3n) is 2.47. The second-order valence-electron chi connectivity index (χ2n) is 3.80. The van der Waals surface area contributed by atoms with Crippen LogP contribution in [-0.2, 0) is 11.2 Å². The summed E-state index contributed by atoms with van der Waals surface area (Å²) in [6.45, 7) is 2.05. The summed E-state index contributed by atoms with van der Waals surface area (Å²) in [6, 6.07) is 4.66. The second kappa shape index (κ2) is 4.37. The summed E-state index contributed by atoms with van der Waals surface area (Å²) in [5.41, 5.74) is 1.60. The number of carbonyl (C=O) groups excluding carboxylic acids is 1. The Morgan fingerprint density at radius 1 is 1.41 bits per heavy atom. The fourth-order valence-corrected chi connectivity index (χ4v) is 1.68. The number of carboxylic acid groups (broad SMARTS) is 1. The highest BCUT2D eigenvalue weighted by atomic mass is 16.4. The highest BCUT2D eigenvalue weighted by molar-refractivity contribution is 6.40. The number of hydrogen-bond donors (Lipinski definition) is 2. The summed E-state index contributed by atoms with van der Waals surface area (Å²) >= 11 is 0. The van der Waals surface area contributed by atoms with Crippen molar-refractivity contribution in [1.29, 1.82) is 0 Å². The number of aromatic amines is 1. The molecule has 0 amide bonds. The van der Waals surface area contributed by atoms with Gasteiger partial charge < -0.3 is 10.1 Å². The Hall–Kier alpha value is -2.17. The number of carbonyl (C=O) groups is 2. The number of Topliss-reactive ketones (excluding diaryl/α,β-unsaturated/α-hetero) is 1. The Bertz CT molecular complexity index is 586. The van der Waals surface area contributed by atoms with Crippen LogP contribution in [0.1, 0.15) is 29.5 Å². The first-order valence-electron chi connectivity index (χ1n) is 5.38. The van der Waals surface area contributed by atoms with Crippen LogP contribution in [0.15, 0.2) is 18.2 Å². The predicted molar refractivity (Wildman–Crippen MR) is 62.1 cm³/mol. The quantitative estimate of drug-likeness (QED) is 0.621. The van der Waals surface area contributed by atoms with Crippen molar-refractivity contribution >= 4 is 22.8 Å². The van der Waals surface area contributed by atoms with Gasteiger partial charge in [-0.05, 0) is 24.6 Å². The van der Waals surface area contributed by atoms with E-state index in [0.717, 1.165) is 24.2 Å². The van der Waals surface area contributed by atoms with Gasteiger partial charge in [-0.2, -0.15) is 0 Å². The molecule has 5 heteroatoms. The molecule has 1 aromatic heterocycles. The number of rotatable bonds is 4. The maximum atomic E-state index is 11.3. The smallest absolute Gasteiger partial charge is 0.377 e. The summed E-state index contributed by atoms with van der Waals surface area (Å²) in [7, 11) is 0. The average Bonchev–Trinajstić information content (AvgIpc) is 2.69. The number of aromatic nitrogens is 2. The number of aliphatic carboxylic acids is 1. The molecule has 0 saturated heterocycles. The van der Waals surface area contributed by atoms with E-state index in [4.69, 9.17) is 5.11 Å². The number of fused-ring (bicyclic) bond motifs is 1. The number of aryl methyl sites for hydroxylation is 1. The van der Waals surface area contributed by atoms with Gasteiger partial charge in [0, 0.05) is 12.0 Å². The Morgan fingerprint density at radius 2 is 2.18 bits per heavy atom. The first-order chi connectivity index (χ1) is 8.11. The number of carboxylic acids is 1. The van der Waals surface area contributed by atoms with Crippen LogP contribution in [0.5, 0.6) is 0 Å². The minimum Gasteiger partial charge on any atom is -0.475 e. The van der Waals surface area contributed by atoms with Crippen molar-refractivity contribution in [3.05, 3.63) is 29.6 Å². The van der Waals surface area contributed by atoms with Crippen LogP contribution in [-0.4, -0.2) is 26.8 Å². The van der Waals surface area contributed by atoms with Crippen molar-refractivity contribution in [3.8, 4) is 0 Å². The van der Waals surface area contributed by atoms with Gasteiger partial charge in [-0.3, -0.25) is 4.79 Å². The summed E-state index contributed by atoms with van der Waals surface area (Å²) in [6.07, 6.45) is 1.80. The van der Waals surface area contributed by atoms with Gasteiger partial charge in [0.1, 0.15) is 5.82 Å². The van der Waals surface area contributed by atoms with E-state index in [-0.39, 0.29) is 5.56 Å². The lowest BCUT2D eigenvalue weighted by atomic mass is 10.1. The molecule has 17 heavy (non-hydrogen) atoms. The van der Waals surface area contributed by atoms with Crippen LogP contribution in [0, 0.1) is 0 Å². The molecule has 0 atom stereocenters. The normalized spacial score (nSPS) is 10.6. The second-order valence-corrected chi connectivity index (χ2v) is 3.80. The zero-order valence-corrected chi connectivity index (χ0v) is 9.36. The van der Waals surface area contributed by atoms with Crippen LogP contribution in [0.2, 0.25) is 0 Å². The minimum atomic E-state index is -1.45. The van der Waals surface area contributed by atoms with Gasteiger partial charge in [-0.1, -0.05) is 6.92 Å². The molecule has 0 fully saturated rings. The molecule has 0 aliphatic carbocycles. The molecule has 0 aliphatic rings. The molecule has 1 aromatic carbocycles. The van der Waals surface area contributed by atoms with E-state index in [1.54, 1.807) is 6.07 Å². The van der Waals surface area contributed by atoms with Gasteiger partial charge in [0.15, 0.2) is 0 Å². The van der Waals surface area contributed by atoms with E-state index in [0.29, 0.717) is 5.52 Å². The number of imidazole rings is 1. The number of hydrogen-bond acceptors (Lipinski definition) is 3. The fraction of sp³-hybridized carbons (Fsp3) is 0.250. The number of H-pyrrole nitrogens is 1. The van der Waals surface area contributed by atoms with Gasteiger partial charge in [0.25, 0.3) is 5.78 Å². The highest BCUT2D eigenvalue weighted by Gasteiger charge is 2.15. The van der Waals surface area contributed by atoms with E-state index < -0.39 is 11.8 Å². The zero-order valence-electron chi connectivity index (χ0n) is 9.36. The van der Waals surface area contributed by atoms with Crippen molar-refractivity contribution < 1.29 is 14.7 Å². The fourth-order valence-electron chi connectivity index (χ4n) is 1.68. The van der Waals surface area contributed by atoms with E-state index in [1.807, 2.05) is 6.92 Å².